The molecule has 0 fully saturated rings. The van der Waals surface area contributed by atoms with Crippen molar-refractivity contribution in [2.45, 2.75) is 45.8 Å². The van der Waals surface area contributed by atoms with Gasteiger partial charge in [0.1, 0.15) is 24.7 Å². The second-order valence-electron chi connectivity index (χ2n) is 9.80. The van der Waals surface area contributed by atoms with E-state index in [2.05, 4.69) is 47.9 Å². The minimum atomic E-state index is -0.612. The molecule has 40 heavy (non-hydrogen) atoms. The van der Waals surface area contributed by atoms with E-state index in [0.29, 0.717) is 24.7 Å². The van der Waals surface area contributed by atoms with Gasteiger partial charge in [-0.3, -0.25) is 0 Å². The number of carbonyl (C=O) groups excluding carboxylic acids is 1. The smallest absolute Gasteiger partial charge is 0.316 e. The highest BCUT2D eigenvalue weighted by Gasteiger charge is 2.09. The van der Waals surface area contributed by atoms with Crippen molar-refractivity contribution in [2.75, 3.05) is 18.4 Å². The summed E-state index contributed by atoms with van der Waals surface area (Å²) in [4.78, 5) is 11.6. The van der Waals surface area contributed by atoms with E-state index in [9.17, 15) is 4.79 Å². The van der Waals surface area contributed by atoms with Crippen LogP contribution in [0, 0.1) is 0 Å². The molecule has 4 aromatic carbocycles. The van der Waals surface area contributed by atoms with Crippen LogP contribution in [0.25, 0.3) is 0 Å². The Morgan fingerprint density at radius 3 is 2.05 bits per heavy atom. The number of nitrogens with two attached hydrogens (primary N) is 1. The van der Waals surface area contributed by atoms with Crippen LogP contribution in [0.4, 0.5) is 10.5 Å². The van der Waals surface area contributed by atoms with Gasteiger partial charge in [0, 0.05) is 0 Å². The maximum absolute atomic E-state index is 11.6. The molecule has 4 aromatic rings. The molecular formula is C34H39N3O3. The van der Waals surface area contributed by atoms with Crippen molar-refractivity contribution in [3.63, 3.8) is 0 Å². The summed E-state index contributed by atoms with van der Waals surface area (Å²) >= 11 is 0. The second kappa shape index (κ2) is 15.3. The van der Waals surface area contributed by atoms with Gasteiger partial charge < -0.3 is 25.8 Å². The first-order chi connectivity index (χ1) is 19.6. The molecule has 0 aromatic heterocycles. The van der Waals surface area contributed by atoms with Crippen molar-refractivity contribution < 1.29 is 14.3 Å². The predicted molar refractivity (Wildman–Crippen MR) is 162 cm³/mol. The zero-order valence-electron chi connectivity index (χ0n) is 23.2. The average Bonchev–Trinajstić information content (AvgIpc) is 2.97. The van der Waals surface area contributed by atoms with Gasteiger partial charge in [0.25, 0.3) is 0 Å². The molecule has 208 valence electrons. The van der Waals surface area contributed by atoms with Crippen LogP contribution in [0.1, 0.15) is 41.2 Å². The summed E-state index contributed by atoms with van der Waals surface area (Å²) in [6.45, 7) is 4.89. The molecule has 0 spiro atoms. The molecule has 0 unspecified atom stereocenters. The number of carbonyl (C=O) groups is 1. The molecule has 0 aliphatic heterocycles. The normalized spacial score (nSPS) is 10.7. The van der Waals surface area contributed by atoms with E-state index in [1.54, 1.807) is 0 Å². The Bertz CT molecular complexity index is 1340. The van der Waals surface area contributed by atoms with E-state index in [4.69, 9.17) is 15.2 Å². The number of urea groups is 1. The quantitative estimate of drug-likeness (QED) is 0.148. The lowest BCUT2D eigenvalue weighted by atomic mass is 10.00. The van der Waals surface area contributed by atoms with Crippen LogP contribution in [-0.4, -0.2) is 19.1 Å². The minimum Gasteiger partial charge on any atom is -0.489 e. The highest BCUT2D eigenvalue weighted by atomic mass is 16.5. The lowest BCUT2D eigenvalue weighted by molar-refractivity contribution is 0.259. The first kappa shape index (κ1) is 28.7. The van der Waals surface area contributed by atoms with Gasteiger partial charge in [-0.1, -0.05) is 86.1 Å². The van der Waals surface area contributed by atoms with Crippen molar-refractivity contribution in [1.29, 1.82) is 0 Å². The largest absolute Gasteiger partial charge is 0.489 e. The van der Waals surface area contributed by atoms with Crippen LogP contribution < -0.4 is 25.8 Å². The Hall–Kier alpha value is -4.29. The van der Waals surface area contributed by atoms with Gasteiger partial charge in [-0.2, -0.15) is 0 Å². The van der Waals surface area contributed by atoms with Crippen molar-refractivity contribution in [3.05, 3.63) is 125 Å². The monoisotopic (exact) mass is 537 g/mol. The number of nitrogens with one attached hydrogen (secondary N) is 2. The number of hydrogen-bond acceptors (Lipinski definition) is 4. The molecule has 6 heteroatoms. The number of aryl methyl sites for hydroxylation is 1. The lowest BCUT2D eigenvalue weighted by Crippen LogP contribution is -2.21. The van der Waals surface area contributed by atoms with Gasteiger partial charge in [0.05, 0.1) is 5.69 Å². The topological polar surface area (TPSA) is 85.6 Å². The molecule has 0 aliphatic rings. The van der Waals surface area contributed by atoms with E-state index in [0.717, 1.165) is 55.6 Å². The number of benzene rings is 4. The molecule has 0 bridgehead atoms. The number of amides is 2. The zero-order chi connectivity index (χ0) is 28.0. The highest BCUT2D eigenvalue weighted by molar-refractivity contribution is 5.89. The summed E-state index contributed by atoms with van der Waals surface area (Å²) < 4.78 is 12.0. The van der Waals surface area contributed by atoms with E-state index < -0.39 is 6.03 Å². The fourth-order valence-electron chi connectivity index (χ4n) is 4.58. The van der Waals surface area contributed by atoms with Gasteiger partial charge in [-0.15, -0.1) is 0 Å². The Labute approximate surface area is 237 Å². The molecular weight excluding hydrogens is 498 g/mol. The van der Waals surface area contributed by atoms with Crippen LogP contribution in [0.2, 0.25) is 0 Å². The van der Waals surface area contributed by atoms with Gasteiger partial charge >= 0.3 is 6.03 Å². The molecule has 0 aliphatic carbocycles. The van der Waals surface area contributed by atoms with Crippen molar-refractivity contribution in [3.8, 4) is 11.5 Å². The van der Waals surface area contributed by atoms with E-state index in [1.807, 2.05) is 66.7 Å². The molecule has 0 saturated heterocycles. The number of ether oxygens (including phenoxy) is 2. The average molecular weight is 538 g/mol. The summed E-state index contributed by atoms with van der Waals surface area (Å²) in [5, 5.41) is 6.26. The zero-order valence-corrected chi connectivity index (χ0v) is 23.2. The molecule has 2 amide bonds. The molecule has 0 heterocycles. The van der Waals surface area contributed by atoms with Gasteiger partial charge in [0.15, 0.2) is 0 Å². The number of primary amides is 1. The van der Waals surface area contributed by atoms with Crippen molar-refractivity contribution >= 4 is 11.7 Å². The van der Waals surface area contributed by atoms with Crippen LogP contribution in [0.15, 0.2) is 97.1 Å². The Balaban J connectivity index is 1.27. The fraction of sp³-hybridized carbons (Fsp3) is 0.265. The summed E-state index contributed by atoms with van der Waals surface area (Å²) in [6, 6.07) is 31.9. The molecule has 0 atom stereocenters. The van der Waals surface area contributed by atoms with Crippen molar-refractivity contribution in [1.82, 2.24) is 5.32 Å². The first-order valence-electron chi connectivity index (χ1n) is 14.0. The second-order valence-corrected chi connectivity index (χ2v) is 9.80. The summed E-state index contributed by atoms with van der Waals surface area (Å²) in [5.74, 6) is 1.51. The van der Waals surface area contributed by atoms with Crippen LogP contribution in [0.3, 0.4) is 0 Å². The summed E-state index contributed by atoms with van der Waals surface area (Å²) in [7, 11) is 0. The number of rotatable bonds is 15. The summed E-state index contributed by atoms with van der Waals surface area (Å²) in [6.07, 6.45) is 3.90. The maximum Gasteiger partial charge on any atom is 0.316 e. The first-order valence-corrected chi connectivity index (χ1v) is 14.0. The van der Waals surface area contributed by atoms with Crippen molar-refractivity contribution in [2.24, 2.45) is 5.73 Å². The number of anilines is 1. The van der Waals surface area contributed by atoms with E-state index in [-0.39, 0.29) is 0 Å². The van der Waals surface area contributed by atoms with Gasteiger partial charge in [-0.05, 0) is 84.4 Å². The third-order valence-corrected chi connectivity index (χ3v) is 6.65. The molecule has 4 rings (SSSR count). The predicted octanol–water partition coefficient (Wildman–Crippen LogP) is 6.66. The summed E-state index contributed by atoms with van der Waals surface area (Å²) in [5.41, 5.74) is 12.0. The van der Waals surface area contributed by atoms with Gasteiger partial charge in [-0.25, -0.2) is 4.79 Å². The molecule has 0 radical (unpaired) electrons. The SMILES string of the molecule is CCCc1cc(OCc2ccccc2)ccc1CCNCCc1ccc(OCc2ccccc2)c(NC(N)=O)c1. The number of hydrogen-bond donors (Lipinski definition) is 3. The third-order valence-electron chi connectivity index (χ3n) is 6.65. The molecule has 0 saturated carbocycles. The van der Waals surface area contributed by atoms with Crippen LogP contribution >= 0.6 is 0 Å². The highest BCUT2D eigenvalue weighted by Crippen LogP contribution is 2.27. The Morgan fingerprint density at radius 1 is 0.700 bits per heavy atom. The minimum absolute atomic E-state index is 0.412. The lowest BCUT2D eigenvalue weighted by Gasteiger charge is -2.14. The van der Waals surface area contributed by atoms with Crippen LogP contribution in [-0.2, 0) is 32.5 Å². The Morgan fingerprint density at radius 2 is 1.38 bits per heavy atom. The van der Waals surface area contributed by atoms with E-state index in [1.165, 1.54) is 16.7 Å². The standard InChI is InChI=1S/C34H39N3O3/c1-2-9-30-23-31(39-24-27-10-5-3-6-11-27)16-15-29(30)19-21-36-20-18-26-14-17-33(32(22-26)37-34(35)38)40-25-28-12-7-4-8-13-28/h3-8,10-17,22-23,36H,2,9,18-21,24-25H2,1H3,(H3,35,37,38). The van der Waals surface area contributed by atoms with Crippen LogP contribution in [0.5, 0.6) is 11.5 Å². The molecule has 6 nitrogen and oxygen atoms in total. The third kappa shape index (κ3) is 9.17. The molecule has 4 N–H and O–H groups in total. The van der Waals surface area contributed by atoms with Gasteiger partial charge in [0.2, 0.25) is 0 Å². The fourth-order valence-corrected chi connectivity index (χ4v) is 4.58. The Kier molecular flexibility index (Phi) is 11.0. The maximum atomic E-state index is 11.6. The van der Waals surface area contributed by atoms with E-state index >= 15 is 0 Å².